The van der Waals surface area contributed by atoms with Gasteiger partial charge in [-0.2, -0.15) is 0 Å². The highest BCUT2D eigenvalue weighted by molar-refractivity contribution is 5.87. The molecule has 0 aromatic heterocycles. The van der Waals surface area contributed by atoms with Crippen molar-refractivity contribution >= 4 is 17.1 Å². The van der Waals surface area contributed by atoms with Crippen molar-refractivity contribution in [2.75, 3.05) is 4.90 Å². The second-order valence-corrected chi connectivity index (χ2v) is 18.5. The summed E-state index contributed by atoms with van der Waals surface area (Å²) in [5.41, 5.74) is 21.2. The van der Waals surface area contributed by atoms with Gasteiger partial charge in [0.05, 0.1) is 5.41 Å². The maximum atomic E-state index is 2.44. The lowest BCUT2D eigenvalue weighted by Gasteiger charge is -2.35. The molecule has 0 bridgehead atoms. The van der Waals surface area contributed by atoms with Crippen LogP contribution in [0.25, 0.3) is 33.4 Å². The molecule has 8 aromatic carbocycles. The van der Waals surface area contributed by atoms with E-state index in [0.717, 1.165) is 23.5 Å². The minimum atomic E-state index is -0.464. The third kappa shape index (κ3) is 7.82. The fraction of sp³-hybridized carbons (Fsp3) is 0.213. The average Bonchev–Trinajstić information content (AvgIpc) is 3.58. The standard InChI is InChI=1S/C61H59N/c1-7-8-9-11-14-45-19-27-51(28-20-45)61(58-41-43(2)17-39-56(58)57-40-18-44(3)42-59(57)61)52-31-37-55(38-32-52)62(53-33-23-48(24-34-53)46-15-12-10-13-16-46)54-35-25-49(26-36-54)47-21-29-50(30-22-47)60(4,5)6/h10,12-13,15-42H,7-9,11,14H2,1-6H3. The van der Waals surface area contributed by atoms with Crippen LogP contribution in [0.15, 0.2) is 188 Å². The molecule has 62 heavy (non-hydrogen) atoms. The summed E-state index contributed by atoms with van der Waals surface area (Å²) in [5.74, 6) is 0. The van der Waals surface area contributed by atoms with E-state index in [2.05, 4.69) is 234 Å². The number of fused-ring (bicyclic) bond motifs is 3. The maximum Gasteiger partial charge on any atom is 0.0713 e. The number of anilines is 3. The van der Waals surface area contributed by atoms with Gasteiger partial charge in [0.25, 0.3) is 0 Å². The Morgan fingerprint density at radius 3 is 1.34 bits per heavy atom. The molecule has 1 heteroatoms. The lowest BCUT2D eigenvalue weighted by Crippen LogP contribution is -2.29. The van der Waals surface area contributed by atoms with Crippen molar-refractivity contribution in [3.63, 3.8) is 0 Å². The van der Waals surface area contributed by atoms with Crippen LogP contribution in [0.5, 0.6) is 0 Å². The van der Waals surface area contributed by atoms with Crippen molar-refractivity contribution in [2.24, 2.45) is 0 Å². The first-order valence-electron chi connectivity index (χ1n) is 22.7. The van der Waals surface area contributed by atoms with Crippen LogP contribution in [0.3, 0.4) is 0 Å². The van der Waals surface area contributed by atoms with Gasteiger partial charge in [0, 0.05) is 17.1 Å². The van der Waals surface area contributed by atoms with E-state index in [4.69, 9.17) is 0 Å². The summed E-state index contributed by atoms with van der Waals surface area (Å²) >= 11 is 0. The molecule has 0 spiro atoms. The molecule has 0 aliphatic heterocycles. The van der Waals surface area contributed by atoms with Crippen LogP contribution < -0.4 is 4.90 Å². The van der Waals surface area contributed by atoms with Gasteiger partial charge in [-0.15, -0.1) is 0 Å². The molecule has 0 radical (unpaired) electrons. The number of benzene rings is 8. The first-order valence-corrected chi connectivity index (χ1v) is 22.7. The summed E-state index contributed by atoms with van der Waals surface area (Å²) in [6.45, 7) is 13.6. The summed E-state index contributed by atoms with van der Waals surface area (Å²) in [4.78, 5) is 2.40. The zero-order chi connectivity index (χ0) is 42.8. The molecule has 0 heterocycles. The van der Waals surface area contributed by atoms with E-state index in [1.807, 2.05) is 0 Å². The van der Waals surface area contributed by atoms with Gasteiger partial charge in [-0.1, -0.05) is 210 Å². The van der Waals surface area contributed by atoms with E-state index in [1.165, 1.54) is 104 Å². The van der Waals surface area contributed by atoms with E-state index >= 15 is 0 Å². The van der Waals surface area contributed by atoms with Gasteiger partial charge >= 0.3 is 0 Å². The molecule has 0 N–H and O–H groups in total. The number of aryl methyl sites for hydroxylation is 3. The number of hydrogen-bond donors (Lipinski definition) is 0. The Morgan fingerprint density at radius 1 is 0.435 bits per heavy atom. The maximum absolute atomic E-state index is 2.44. The van der Waals surface area contributed by atoms with Crippen molar-refractivity contribution in [1.82, 2.24) is 0 Å². The van der Waals surface area contributed by atoms with Crippen molar-refractivity contribution in [3.8, 4) is 33.4 Å². The second-order valence-electron chi connectivity index (χ2n) is 18.5. The molecule has 0 fully saturated rings. The Balaban J connectivity index is 1.15. The van der Waals surface area contributed by atoms with E-state index in [9.17, 15) is 0 Å². The van der Waals surface area contributed by atoms with Crippen molar-refractivity contribution in [2.45, 2.75) is 84.5 Å². The largest absolute Gasteiger partial charge is 0.311 e. The molecule has 0 amide bonds. The summed E-state index contributed by atoms with van der Waals surface area (Å²) in [6, 6.07) is 71.0. The predicted octanol–water partition coefficient (Wildman–Crippen LogP) is 16.9. The fourth-order valence-corrected chi connectivity index (χ4v) is 9.72. The van der Waals surface area contributed by atoms with Crippen molar-refractivity contribution < 1.29 is 0 Å². The molecule has 1 aliphatic rings. The highest BCUT2D eigenvalue weighted by Gasteiger charge is 2.46. The van der Waals surface area contributed by atoms with E-state index in [-0.39, 0.29) is 5.41 Å². The lowest BCUT2D eigenvalue weighted by molar-refractivity contribution is 0.590. The Morgan fingerprint density at radius 2 is 0.871 bits per heavy atom. The second kappa shape index (κ2) is 17.1. The third-order valence-electron chi connectivity index (χ3n) is 13.2. The molecular formula is C61H59N. The van der Waals surface area contributed by atoms with E-state index < -0.39 is 5.41 Å². The Bertz CT molecular complexity index is 2720. The summed E-state index contributed by atoms with van der Waals surface area (Å²) in [6.07, 6.45) is 6.22. The molecule has 1 nitrogen and oxygen atoms in total. The minimum Gasteiger partial charge on any atom is -0.311 e. The monoisotopic (exact) mass is 805 g/mol. The quantitative estimate of drug-likeness (QED) is 0.111. The Kier molecular flexibility index (Phi) is 11.3. The topological polar surface area (TPSA) is 3.24 Å². The van der Waals surface area contributed by atoms with Crippen LogP contribution in [0.2, 0.25) is 0 Å². The number of nitrogens with zero attached hydrogens (tertiary/aromatic N) is 1. The SMILES string of the molecule is CCCCCCc1ccc(C2(c3ccc(N(c4ccc(-c5ccccc5)cc4)c4ccc(-c5ccc(C(C)(C)C)cc5)cc4)cc3)c3cc(C)ccc3-c3ccc(C)cc32)cc1. The number of hydrogen-bond acceptors (Lipinski definition) is 1. The fourth-order valence-electron chi connectivity index (χ4n) is 9.72. The summed E-state index contributed by atoms with van der Waals surface area (Å²) in [7, 11) is 0. The average molecular weight is 806 g/mol. The van der Waals surface area contributed by atoms with Gasteiger partial charge in [-0.25, -0.2) is 0 Å². The van der Waals surface area contributed by atoms with Crippen LogP contribution >= 0.6 is 0 Å². The van der Waals surface area contributed by atoms with Gasteiger partial charge < -0.3 is 4.90 Å². The zero-order valence-electron chi connectivity index (χ0n) is 37.4. The zero-order valence-corrected chi connectivity index (χ0v) is 37.4. The molecule has 308 valence electrons. The highest BCUT2D eigenvalue weighted by Crippen LogP contribution is 2.57. The summed E-state index contributed by atoms with van der Waals surface area (Å²) in [5, 5.41) is 0. The molecule has 0 saturated heterocycles. The van der Waals surface area contributed by atoms with Crippen LogP contribution in [-0.4, -0.2) is 0 Å². The van der Waals surface area contributed by atoms with E-state index in [1.54, 1.807) is 0 Å². The van der Waals surface area contributed by atoms with Gasteiger partial charge in [-0.3, -0.25) is 0 Å². The smallest absolute Gasteiger partial charge is 0.0713 e. The van der Waals surface area contributed by atoms with Crippen molar-refractivity contribution in [1.29, 1.82) is 0 Å². The normalized spacial score (nSPS) is 12.8. The molecule has 8 aromatic rings. The van der Waals surface area contributed by atoms with Crippen molar-refractivity contribution in [3.05, 3.63) is 233 Å². The first kappa shape index (κ1) is 40.9. The van der Waals surface area contributed by atoms with Crippen LogP contribution in [-0.2, 0) is 17.3 Å². The minimum absolute atomic E-state index is 0.120. The van der Waals surface area contributed by atoms with Gasteiger partial charge in [0.1, 0.15) is 0 Å². The van der Waals surface area contributed by atoms with Gasteiger partial charge in [0.15, 0.2) is 0 Å². The first-order chi connectivity index (χ1) is 30.1. The molecule has 1 aliphatic carbocycles. The van der Waals surface area contributed by atoms with Gasteiger partial charge in [0.2, 0.25) is 0 Å². The predicted molar refractivity (Wildman–Crippen MR) is 265 cm³/mol. The van der Waals surface area contributed by atoms with Gasteiger partial charge in [-0.05, 0) is 135 Å². The highest BCUT2D eigenvalue weighted by atomic mass is 15.1. The Hall–Kier alpha value is -6.44. The van der Waals surface area contributed by atoms with E-state index in [0.29, 0.717) is 0 Å². The molecular weight excluding hydrogens is 747 g/mol. The lowest BCUT2D eigenvalue weighted by atomic mass is 9.67. The number of rotatable bonds is 12. The van der Waals surface area contributed by atoms with Crippen LogP contribution in [0.1, 0.15) is 97.9 Å². The van der Waals surface area contributed by atoms with Crippen LogP contribution in [0, 0.1) is 13.8 Å². The third-order valence-corrected chi connectivity index (χ3v) is 13.2. The Labute approximate surface area is 370 Å². The summed E-state index contributed by atoms with van der Waals surface area (Å²) < 4.78 is 0. The molecule has 9 rings (SSSR count). The number of unbranched alkanes of at least 4 members (excludes halogenated alkanes) is 3. The molecule has 0 saturated carbocycles. The molecule has 0 unspecified atom stereocenters. The molecule has 0 atom stereocenters. The van der Waals surface area contributed by atoms with Crippen LogP contribution in [0.4, 0.5) is 17.1 Å².